The summed E-state index contributed by atoms with van der Waals surface area (Å²) < 4.78 is 23.6. The Morgan fingerprint density at radius 2 is 1.90 bits per heavy atom. The van der Waals surface area contributed by atoms with Gasteiger partial charge >= 0.3 is 6.09 Å². The van der Waals surface area contributed by atoms with E-state index in [-0.39, 0.29) is 12.6 Å². The molecule has 1 amide bonds. The standard InChI is InChI=1S/C23H17FN2O3/c1-28-19-7-5-17(6-8-19)20-9-4-15(2-3-16-10-18(24)13-25-12-16)11-21(20)22-14-29-23(27)26-22/h4-13,22H,14H2,1H3,(H,26,27). The van der Waals surface area contributed by atoms with Gasteiger partial charge in [0.25, 0.3) is 0 Å². The summed E-state index contributed by atoms with van der Waals surface area (Å²) in [6, 6.07) is 14.5. The molecule has 0 spiro atoms. The Balaban J connectivity index is 1.73. The summed E-state index contributed by atoms with van der Waals surface area (Å²) in [6.45, 7) is 0.243. The zero-order chi connectivity index (χ0) is 20.2. The number of carbonyl (C=O) groups excluding carboxylic acids is 1. The van der Waals surface area contributed by atoms with Crippen LogP contribution in [0.2, 0.25) is 0 Å². The maximum Gasteiger partial charge on any atom is 0.407 e. The molecule has 144 valence electrons. The number of carbonyl (C=O) groups is 1. The second-order valence-electron chi connectivity index (χ2n) is 6.47. The van der Waals surface area contributed by atoms with Gasteiger partial charge in [0.2, 0.25) is 0 Å². The van der Waals surface area contributed by atoms with Crippen molar-refractivity contribution in [3.63, 3.8) is 0 Å². The number of methoxy groups -OCH3 is 1. The van der Waals surface area contributed by atoms with Gasteiger partial charge in [0.15, 0.2) is 0 Å². The van der Waals surface area contributed by atoms with Crippen molar-refractivity contribution in [1.82, 2.24) is 10.3 Å². The predicted octanol–water partition coefficient (Wildman–Crippen LogP) is 4.08. The fourth-order valence-corrected chi connectivity index (χ4v) is 3.14. The molecule has 0 aliphatic carbocycles. The van der Waals surface area contributed by atoms with E-state index in [9.17, 15) is 9.18 Å². The van der Waals surface area contributed by atoms with Crippen LogP contribution in [0, 0.1) is 17.7 Å². The van der Waals surface area contributed by atoms with Gasteiger partial charge in [-0.2, -0.15) is 0 Å². The highest BCUT2D eigenvalue weighted by molar-refractivity contribution is 5.74. The zero-order valence-corrected chi connectivity index (χ0v) is 15.6. The second-order valence-corrected chi connectivity index (χ2v) is 6.47. The van der Waals surface area contributed by atoms with Crippen LogP contribution in [-0.2, 0) is 4.74 Å². The topological polar surface area (TPSA) is 60.5 Å². The molecule has 1 aliphatic rings. The number of aromatic nitrogens is 1. The van der Waals surface area contributed by atoms with Gasteiger partial charge in [-0.1, -0.05) is 30.0 Å². The second kappa shape index (κ2) is 8.03. The number of benzene rings is 2. The number of nitrogens with one attached hydrogen (secondary N) is 1. The first-order valence-electron chi connectivity index (χ1n) is 8.96. The van der Waals surface area contributed by atoms with E-state index >= 15 is 0 Å². The minimum absolute atomic E-state index is 0.243. The van der Waals surface area contributed by atoms with Crippen LogP contribution in [0.4, 0.5) is 9.18 Å². The Morgan fingerprint density at radius 1 is 1.10 bits per heavy atom. The van der Waals surface area contributed by atoms with Crippen molar-refractivity contribution in [2.75, 3.05) is 13.7 Å². The molecule has 1 fully saturated rings. The smallest absolute Gasteiger partial charge is 0.407 e. The Morgan fingerprint density at radius 3 is 2.59 bits per heavy atom. The fraction of sp³-hybridized carbons (Fsp3) is 0.130. The summed E-state index contributed by atoms with van der Waals surface area (Å²) in [4.78, 5) is 15.4. The highest BCUT2D eigenvalue weighted by Gasteiger charge is 2.26. The van der Waals surface area contributed by atoms with E-state index in [4.69, 9.17) is 9.47 Å². The zero-order valence-electron chi connectivity index (χ0n) is 15.6. The summed E-state index contributed by atoms with van der Waals surface area (Å²) in [5, 5.41) is 2.82. The maximum absolute atomic E-state index is 13.3. The maximum atomic E-state index is 13.3. The Labute approximate surface area is 167 Å². The largest absolute Gasteiger partial charge is 0.497 e. The quantitative estimate of drug-likeness (QED) is 0.687. The number of ether oxygens (including phenoxy) is 2. The summed E-state index contributed by atoms with van der Waals surface area (Å²) in [5.74, 6) is 6.28. The van der Waals surface area contributed by atoms with E-state index in [1.165, 1.54) is 12.3 Å². The molecular weight excluding hydrogens is 371 g/mol. The molecule has 1 unspecified atom stereocenters. The fourth-order valence-electron chi connectivity index (χ4n) is 3.14. The molecule has 1 N–H and O–H groups in total. The first-order chi connectivity index (χ1) is 14.1. The van der Waals surface area contributed by atoms with Crippen LogP contribution in [0.5, 0.6) is 5.75 Å². The van der Waals surface area contributed by atoms with E-state index in [2.05, 4.69) is 22.1 Å². The first kappa shape index (κ1) is 18.5. The molecule has 2 heterocycles. The third-order valence-corrected chi connectivity index (χ3v) is 4.56. The molecule has 29 heavy (non-hydrogen) atoms. The van der Waals surface area contributed by atoms with Gasteiger partial charge in [-0.15, -0.1) is 0 Å². The molecule has 0 saturated carbocycles. The lowest BCUT2D eigenvalue weighted by atomic mass is 9.93. The van der Waals surface area contributed by atoms with Crippen LogP contribution < -0.4 is 10.1 Å². The molecule has 1 aliphatic heterocycles. The van der Waals surface area contributed by atoms with Crippen LogP contribution in [0.25, 0.3) is 11.1 Å². The number of alkyl carbamates (subject to hydrolysis) is 1. The molecular formula is C23H17FN2O3. The molecule has 1 saturated heterocycles. The molecule has 4 rings (SSSR count). The molecule has 5 nitrogen and oxygen atoms in total. The number of halogens is 1. The lowest BCUT2D eigenvalue weighted by molar-refractivity contribution is 0.177. The van der Waals surface area contributed by atoms with Crippen LogP contribution in [-0.4, -0.2) is 24.8 Å². The number of hydrogen-bond donors (Lipinski definition) is 1. The van der Waals surface area contributed by atoms with Crippen molar-refractivity contribution in [3.8, 4) is 28.7 Å². The monoisotopic (exact) mass is 388 g/mol. The van der Waals surface area contributed by atoms with Gasteiger partial charge < -0.3 is 14.8 Å². The molecule has 3 aromatic rings. The van der Waals surface area contributed by atoms with E-state index < -0.39 is 11.9 Å². The summed E-state index contributed by atoms with van der Waals surface area (Å²) in [5.41, 5.74) is 4.06. The van der Waals surface area contributed by atoms with Gasteiger partial charge in [-0.05, 0) is 47.0 Å². The Kier molecular flexibility index (Phi) is 5.12. The number of cyclic esters (lactones) is 1. The van der Waals surface area contributed by atoms with Crippen LogP contribution >= 0.6 is 0 Å². The molecule has 0 radical (unpaired) electrons. The third kappa shape index (κ3) is 4.19. The molecule has 0 bridgehead atoms. The minimum Gasteiger partial charge on any atom is -0.497 e. The van der Waals surface area contributed by atoms with Crippen molar-refractivity contribution in [1.29, 1.82) is 0 Å². The first-order valence-corrected chi connectivity index (χ1v) is 8.96. The van der Waals surface area contributed by atoms with Crippen molar-refractivity contribution in [3.05, 3.63) is 83.4 Å². The van der Waals surface area contributed by atoms with E-state index in [1.807, 2.05) is 42.5 Å². The van der Waals surface area contributed by atoms with Crippen molar-refractivity contribution in [2.24, 2.45) is 0 Å². The molecule has 1 atom stereocenters. The Bertz CT molecular complexity index is 1120. The normalized spacial score (nSPS) is 15.1. The number of amides is 1. The lowest BCUT2D eigenvalue weighted by Crippen LogP contribution is -2.19. The van der Waals surface area contributed by atoms with Crippen LogP contribution in [0.3, 0.4) is 0 Å². The highest BCUT2D eigenvalue weighted by atomic mass is 19.1. The summed E-state index contributed by atoms with van der Waals surface area (Å²) in [6.07, 6.45) is 2.20. The highest BCUT2D eigenvalue weighted by Crippen LogP contribution is 2.32. The molecule has 6 heteroatoms. The molecule has 2 aromatic carbocycles. The number of nitrogens with zero attached hydrogens (tertiary/aromatic N) is 1. The van der Waals surface area contributed by atoms with Gasteiger partial charge in [0, 0.05) is 17.3 Å². The number of hydrogen-bond acceptors (Lipinski definition) is 4. The van der Waals surface area contributed by atoms with Crippen LogP contribution in [0.1, 0.15) is 22.7 Å². The van der Waals surface area contributed by atoms with Crippen molar-refractivity contribution < 1.29 is 18.7 Å². The number of rotatable bonds is 3. The average molecular weight is 388 g/mol. The third-order valence-electron chi connectivity index (χ3n) is 4.56. The van der Waals surface area contributed by atoms with Gasteiger partial charge in [-0.3, -0.25) is 4.98 Å². The van der Waals surface area contributed by atoms with Gasteiger partial charge in [0.05, 0.1) is 19.3 Å². The van der Waals surface area contributed by atoms with E-state index in [0.717, 1.165) is 34.2 Å². The summed E-state index contributed by atoms with van der Waals surface area (Å²) in [7, 11) is 1.62. The van der Waals surface area contributed by atoms with Gasteiger partial charge in [-0.25, -0.2) is 9.18 Å². The molecule has 1 aromatic heterocycles. The van der Waals surface area contributed by atoms with Crippen LogP contribution in [0.15, 0.2) is 60.9 Å². The van der Waals surface area contributed by atoms with E-state index in [0.29, 0.717) is 5.56 Å². The number of pyridine rings is 1. The Hall–Kier alpha value is -3.85. The lowest BCUT2D eigenvalue weighted by Gasteiger charge is -2.15. The SMILES string of the molecule is COc1ccc(-c2ccc(C#Cc3cncc(F)c3)cc2C2COC(=O)N2)cc1. The average Bonchev–Trinajstić information content (AvgIpc) is 3.18. The predicted molar refractivity (Wildman–Crippen MR) is 106 cm³/mol. The van der Waals surface area contributed by atoms with Crippen molar-refractivity contribution >= 4 is 6.09 Å². The van der Waals surface area contributed by atoms with Crippen molar-refractivity contribution in [2.45, 2.75) is 6.04 Å². The summed E-state index contributed by atoms with van der Waals surface area (Å²) >= 11 is 0. The van der Waals surface area contributed by atoms with Gasteiger partial charge in [0.1, 0.15) is 18.2 Å². The van der Waals surface area contributed by atoms with E-state index in [1.54, 1.807) is 7.11 Å². The minimum atomic E-state index is -0.446.